The Morgan fingerprint density at radius 1 is 0.917 bits per heavy atom. The van der Waals surface area contributed by atoms with E-state index < -0.39 is 0 Å². The monoisotopic (exact) mass is 166 g/mol. The van der Waals surface area contributed by atoms with E-state index in [1.54, 1.807) is 25.7 Å². The summed E-state index contributed by atoms with van der Waals surface area (Å²) in [6, 6.07) is 0. The molecule has 0 aromatic carbocycles. The van der Waals surface area contributed by atoms with Crippen LogP contribution in [0.2, 0.25) is 0 Å². The number of rotatable bonds is 2. The van der Waals surface area contributed by atoms with Gasteiger partial charge in [0.05, 0.1) is 0 Å². The van der Waals surface area contributed by atoms with Gasteiger partial charge in [-0.3, -0.25) is 0 Å². The van der Waals surface area contributed by atoms with E-state index in [0.29, 0.717) is 0 Å². The Morgan fingerprint density at radius 3 is 2.25 bits per heavy atom. The summed E-state index contributed by atoms with van der Waals surface area (Å²) >= 11 is 0. The van der Waals surface area contributed by atoms with Crippen molar-refractivity contribution in [2.24, 2.45) is 23.7 Å². The van der Waals surface area contributed by atoms with Crippen LogP contribution in [0.25, 0.3) is 0 Å². The van der Waals surface area contributed by atoms with E-state index >= 15 is 0 Å². The Kier molecular flexibility index (Phi) is 2.43. The quantitative estimate of drug-likeness (QED) is 0.584. The van der Waals surface area contributed by atoms with Crippen molar-refractivity contribution in [1.82, 2.24) is 0 Å². The molecule has 0 aliphatic heterocycles. The van der Waals surface area contributed by atoms with Crippen LogP contribution < -0.4 is 0 Å². The molecule has 2 atom stereocenters. The summed E-state index contributed by atoms with van der Waals surface area (Å²) < 4.78 is 0. The van der Waals surface area contributed by atoms with Crippen molar-refractivity contribution in [2.45, 2.75) is 52.4 Å². The van der Waals surface area contributed by atoms with Gasteiger partial charge in [-0.1, -0.05) is 33.1 Å². The molecular weight excluding hydrogens is 144 g/mol. The summed E-state index contributed by atoms with van der Waals surface area (Å²) in [6.07, 6.45) is 9.24. The van der Waals surface area contributed by atoms with E-state index in [9.17, 15) is 0 Å². The molecule has 2 rings (SSSR count). The minimum absolute atomic E-state index is 0.937. The zero-order chi connectivity index (χ0) is 8.55. The number of hydrogen-bond donors (Lipinski definition) is 0. The van der Waals surface area contributed by atoms with Crippen LogP contribution in [0.3, 0.4) is 0 Å². The van der Waals surface area contributed by atoms with Gasteiger partial charge >= 0.3 is 0 Å². The SMILES string of the molecule is CC(C)[C@H]1CCC[C@@H](C2CC2)C1. The third kappa shape index (κ3) is 1.84. The first-order valence-corrected chi connectivity index (χ1v) is 5.77. The Morgan fingerprint density at radius 2 is 1.67 bits per heavy atom. The Balaban J connectivity index is 1.85. The van der Waals surface area contributed by atoms with E-state index in [-0.39, 0.29) is 0 Å². The average Bonchev–Trinajstić information content (AvgIpc) is 2.87. The van der Waals surface area contributed by atoms with Crippen LogP contribution >= 0.6 is 0 Å². The first-order chi connectivity index (χ1) is 5.77. The van der Waals surface area contributed by atoms with Crippen molar-refractivity contribution >= 4 is 0 Å². The van der Waals surface area contributed by atoms with Gasteiger partial charge in [0.25, 0.3) is 0 Å². The van der Waals surface area contributed by atoms with Gasteiger partial charge in [0.15, 0.2) is 0 Å². The summed E-state index contributed by atoms with van der Waals surface area (Å²) in [5.74, 6) is 4.29. The molecule has 0 radical (unpaired) electrons. The van der Waals surface area contributed by atoms with Crippen LogP contribution in [0.15, 0.2) is 0 Å². The zero-order valence-electron chi connectivity index (χ0n) is 8.55. The van der Waals surface area contributed by atoms with E-state index in [0.717, 1.165) is 23.7 Å². The molecule has 0 spiro atoms. The van der Waals surface area contributed by atoms with Crippen LogP contribution in [-0.4, -0.2) is 0 Å². The molecular formula is C12H22. The molecule has 0 N–H and O–H groups in total. The second kappa shape index (κ2) is 3.40. The van der Waals surface area contributed by atoms with Crippen molar-refractivity contribution in [2.75, 3.05) is 0 Å². The van der Waals surface area contributed by atoms with Gasteiger partial charge in [-0.15, -0.1) is 0 Å². The molecule has 2 aliphatic rings. The fraction of sp³-hybridized carbons (Fsp3) is 1.00. The van der Waals surface area contributed by atoms with E-state index in [1.165, 1.54) is 12.8 Å². The van der Waals surface area contributed by atoms with Gasteiger partial charge in [-0.05, 0) is 42.9 Å². The van der Waals surface area contributed by atoms with Crippen LogP contribution in [0, 0.1) is 23.7 Å². The van der Waals surface area contributed by atoms with Crippen LogP contribution in [0.5, 0.6) is 0 Å². The molecule has 0 heteroatoms. The highest BCUT2D eigenvalue weighted by molar-refractivity contribution is 4.86. The summed E-state index contributed by atoms with van der Waals surface area (Å²) in [6.45, 7) is 4.81. The summed E-state index contributed by atoms with van der Waals surface area (Å²) in [7, 11) is 0. The largest absolute Gasteiger partial charge is 0.0625 e. The van der Waals surface area contributed by atoms with Crippen molar-refractivity contribution in [3.8, 4) is 0 Å². The standard InChI is InChI=1S/C12H22/c1-9(2)11-4-3-5-12(8-11)10-6-7-10/h9-12H,3-8H2,1-2H3/t11-,12+/m0/s1. The second-order valence-electron chi connectivity index (χ2n) is 5.27. The molecule has 0 nitrogen and oxygen atoms in total. The van der Waals surface area contributed by atoms with Gasteiger partial charge in [-0.25, -0.2) is 0 Å². The highest BCUT2D eigenvalue weighted by Gasteiger charge is 2.35. The van der Waals surface area contributed by atoms with E-state index in [2.05, 4.69) is 13.8 Å². The maximum atomic E-state index is 2.40. The lowest BCUT2D eigenvalue weighted by atomic mass is 9.74. The summed E-state index contributed by atoms with van der Waals surface area (Å²) in [4.78, 5) is 0. The molecule has 0 unspecified atom stereocenters. The van der Waals surface area contributed by atoms with Gasteiger partial charge in [0.1, 0.15) is 0 Å². The lowest BCUT2D eigenvalue weighted by molar-refractivity contribution is 0.198. The molecule has 70 valence electrons. The molecule has 0 saturated heterocycles. The lowest BCUT2D eigenvalue weighted by Gasteiger charge is -2.31. The molecule has 2 aliphatic carbocycles. The third-order valence-corrected chi connectivity index (χ3v) is 3.99. The summed E-state index contributed by atoms with van der Waals surface area (Å²) in [5, 5.41) is 0. The fourth-order valence-electron chi connectivity index (χ4n) is 2.87. The van der Waals surface area contributed by atoms with Crippen LogP contribution in [0.1, 0.15) is 52.4 Å². The maximum Gasteiger partial charge on any atom is -0.0383 e. The topological polar surface area (TPSA) is 0 Å². The van der Waals surface area contributed by atoms with Crippen molar-refractivity contribution in [3.05, 3.63) is 0 Å². The minimum Gasteiger partial charge on any atom is -0.0625 e. The summed E-state index contributed by atoms with van der Waals surface area (Å²) in [5.41, 5.74) is 0. The van der Waals surface area contributed by atoms with Crippen LogP contribution in [0.4, 0.5) is 0 Å². The maximum absolute atomic E-state index is 2.40. The third-order valence-electron chi connectivity index (χ3n) is 3.99. The predicted octanol–water partition coefficient (Wildman–Crippen LogP) is 3.86. The highest BCUT2D eigenvalue weighted by Crippen LogP contribution is 2.46. The molecule has 12 heavy (non-hydrogen) atoms. The zero-order valence-corrected chi connectivity index (χ0v) is 8.55. The Bertz CT molecular complexity index is 136. The predicted molar refractivity (Wildman–Crippen MR) is 53.0 cm³/mol. The smallest absolute Gasteiger partial charge is 0.0383 e. The normalized spacial score (nSPS) is 37.2. The minimum atomic E-state index is 0.937. The van der Waals surface area contributed by atoms with Crippen molar-refractivity contribution in [1.29, 1.82) is 0 Å². The first kappa shape index (κ1) is 8.59. The molecule has 0 aromatic rings. The van der Waals surface area contributed by atoms with Gasteiger partial charge in [0, 0.05) is 0 Å². The highest BCUT2D eigenvalue weighted by atomic mass is 14.4. The molecule has 2 saturated carbocycles. The average molecular weight is 166 g/mol. The fourth-order valence-corrected chi connectivity index (χ4v) is 2.87. The van der Waals surface area contributed by atoms with Gasteiger partial charge in [0.2, 0.25) is 0 Å². The van der Waals surface area contributed by atoms with E-state index in [4.69, 9.17) is 0 Å². The second-order valence-corrected chi connectivity index (χ2v) is 5.27. The molecule has 0 amide bonds. The Hall–Kier alpha value is 0. The molecule has 0 heterocycles. The number of hydrogen-bond acceptors (Lipinski definition) is 0. The van der Waals surface area contributed by atoms with Gasteiger partial charge < -0.3 is 0 Å². The Labute approximate surface area is 76.7 Å². The van der Waals surface area contributed by atoms with Crippen LogP contribution in [-0.2, 0) is 0 Å². The van der Waals surface area contributed by atoms with Crippen molar-refractivity contribution in [3.63, 3.8) is 0 Å². The molecule has 0 aromatic heterocycles. The molecule has 2 fully saturated rings. The van der Waals surface area contributed by atoms with Crippen molar-refractivity contribution < 1.29 is 0 Å². The molecule has 0 bridgehead atoms. The van der Waals surface area contributed by atoms with E-state index in [1.807, 2.05) is 0 Å². The van der Waals surface area contributed by atoms with Gasteiger partial charge in [-0.2, -0.15) is 0 Å². The lowest BCUT2D eigenvalue weighted by Crippen LogP contribution is -2.20. The first-order valence-electron chi connectivity index (χ1n) is 5.77.